The van der Waals surface area contributed by atoms with Gasteiger partial charge in [0.25, 0.3) is 0 Å². The van der Waals surface area contributed by atoms with Gasteiger partial charge in [0, 0.05) is 5.57 Å². The summed E-state index contributed by atoms with van der Waals surface area (Å²) in [5.74, 6) is 0.0602. The molecule has 0 heterocycles. The van der Waals surface area contributed by atoms with Crippen LogP contribution in [0.25, 0.3) is 0 Å². The van der Waals surface area contributed by atoms with E-state index < -0.39 is 6.10 Å². The van der Waals surface area contributed by atoms with Crippen LogP contribution in [0.4, 0.5) is 0 Å². The van der Waals surface area contributed by atoms with Crippen molar-refractivity contribution in [3.05, 3.63) is 36.1 Å². The zero-order chi connectivity index (χ0) is 6.85. The third kappa shape index (κ3) is 1.21. The van der Waals surface area contributed by atoms with E-state index in [9.17, 15) is 0 Å². The molecule has 1 aliphatic carbocycles. The van der Waals surface area contributed by atoms with Crippen LogP contribution in [-0.2, 0) is 0 Å². The van der Waals surface area contributed by atoms with E-state index in [1.807, 2.05) is 0 Å². The van der Waals surface area contributed by atoms with Crippen molar-refractivity contribution in [2.24, 2.45) is 0 Å². The Morgan fingerprint density at radius 3 is 2.67 bits per heavy atom. The van der Waals surface area contributed by atoms with Crippen LogP contribution in [0.1, 0.15) is 0 Å². The van der Waals surface area contributed by atoms with Gasteiger partial charge in [-0.3, -0.25) is 0 Å². The predicted octanol–water partition coefficient (Wildman–Crippen LogP) is 0.915. The van der Waals surface area contributed by atoms with Crippen LogP contribution in [0.15, 0.2) is 36.1 Å². The molecule has 1 rings (SSSR count). The summed E-state index contributed by atoms with van der Waals surface area (Å²) in [4.78, 5) is 0. The van der Waals surface area contributed by atoms with Gasteiger partial charge in [-0.15, -0.1) is 0 Å². The van der Waals surface area contributed by atoms with Gasteiger partial charge in [0.1, 0.15) is 5.76 Å². The lowest BCUT2D eigenvalue weighted by molar-refractivity contribution is 0.262. The van der Waals surface area contributed by atoms with E-state index in [1.54, 1.807) is 12.2 Å². The Kier molecular flexibility index (Phi) is 1.40. The van der Waals surface area contributed by atoms with Gasteiger partial charge in [0.05, 0.1) is 6.10 Å². The van der Waals surface area contributed by atoms with Gasteiger partial charge in [-0.05, 0) is 6.08 Å². The Hall–Kier alpha value is -1.02. The van der Waals surface area contributed by atoms with Crippen molar-refractivity contribution >= 4 is 0 Å². The smallest absolute Gasteiger partial charge is 0.121 e. The van der Waals surface area contributed by atoms with E-state index in [4.69, 9.17) is 10.2 Å². The molecule has 0 bridgehead atoms. The Labute approximate surface area is 53.4 Å². The van der Waals surface area contributed by atoms with E-state index in [2.05, 4.69) is 6.58 Å². The first kappa shape index (κ1) is 6.11. The van der Waals surface area contributed by atoms with Gasteiger partial charge in [-0.1, -0.05) is 18.7 Å². The van der Waals surface area contributed by atoms with Gasteiger partial charge < -0.3 is 10.2 Å². The molecule has 0 saturated carbocycles. The van der Waals surface area contributed by atoms with Crippen LogP contribution in [-0.4, -0.2) is 16.3 Å². The number of rotatable bonds is 0. The SMILES string of the molecule is C=C1C=CC(O)C=C1O. The molecule has 0 spiro atoms. The average Bonchev–Trinajstić information content (AvgIpc) is 1.80. The molecule has 1 atom stereocenters. The minimum Gasteiger partial charge on any atom is -0.508 e. The zero-order valence-corrected chi connectivity index (χ0v) is 4.91. The van der Waals surface area contributed by atoms with E-state index in [-0.39, 0.29) is 5.76 Å². The van der Waals surface area contributed by atoms with Crippen LogP contribution in [0, 0.1) is 0 Å². The molecule has 2 heteroatoms. The molecule has 0 aromatic heterocycles. The molecule has 0 radical (unpaired) electrons. The number of hydrogen-bond donors (Lipinski definition) is 2. The van der Waals surface area contributed by atoms with Gasteiger partial charge in [0.2, 0.25) is 0 Å². The molecule has 0 aromatic rings. The maximum absolute atomic E-state index is 8.90. The van der Waals surface area contributed by atoms with Crippen LogP contribution in [0.3, 0.4) is 0 Å². The lowest BCUT2D eigenvalue weighted by Crippen LogP contribution is -2.03. The van der Waals surface area contributed by atoms with Crippen LogP contribution in [0.5, 0.6) is 0 Å². The highest BCUT2D eigenvalue weighted by Crippen LogP contribution is 2.12. The third-order valence-corrected chi connectivity index (χ3v) is 1.15. The third-order valence-electron chi connectivity index (χ3n) is 1.15. The normalized spacial score (nSPS) is 26.1. The second kappa shape index (κ2) is 2.07. The van der Waals surface area contributed by atoms with Crippen molar-refractivity contribution in [1.82, 2.24) is 0 Å². The average molecular weight is 124 g/mol. The molecule has 0 amide bonds. The Morgan fingerprint density at radius 2 is 2.22 bits per heavy atom. The first-order valence-electron chi connectivity index (χ1n) is 2.66. The summed E-state index contributed by atoms with van der Waals surface area (Å²) in [6, 6.07) is 0. The van der Waals surface area contributed by atoms with Crippen molar-refractivity contribution in [1.29, 1.82) is 0 Å². The minimum atomic E-state index is -0.657. The maximum atomic E-state index is 8.90. The topological polar surface area (TPSA) is 40.5 Å². The predicted molar refractivity (Wildman–Crippen MR) is 35.0 cm³/mol. The second-order valence-electron chi connectivity index (χ2n) is 1.93. The first-order valence-corrected chi connectivity index (χ1v) is 2.66. The largest absolute Gasteiger partial charge is 0.508 e. The molecule has 2 nitrogen and oxygen atoms in total. The molecular formula is C7H8O2. The van der Waals surface area contributed by atoms with Crippen molar-refractivity contribution in [3.63, 3.8) is 0 Å². The Morgan fingerprint density at radius 1 is 1.56 bits per heavy atom. The van der Waals surface area contributed by atoms with E-state index in [1.165, 1.54) is 6.08 Å². The Bertz CT molecular complexity index is 189. The highest BCUT2D eigenvalue weighted by molar-refractivity contribution is 5.38. The maximum Gasteiger partial charge on any atom is 0.121 e. The number of allylic oxidation sites excluding steroid dienone is 1. The van der Waals surface area contributed by atoms with E-state index in [0.29, 0.717) is 5.57 Å². The fourth-order valence-electron chi connectivity index (χ4n) is 0.624. The van der Waals surface area contributed by atoms with Crippen molar-refractivity contribution in [2.75, 3.05) is 0 Å². The first-order chi connectivity index (χ1) is 4.20. The lowest BCUT2D eigenvalue weighted by Gasteiger charge is -2.07. The zero-order valence-electron chi connectivity index (χ0n) is 4.91. The monoisotopic (exact) mass is 124 g/mol. The molecular weight excluding hydrogens is 116 g/mol. The summed E-state index contributed by atoms with van der Waals surface area (Å²) in [5.41, 5.74) is 0.542. The molecule has 9 heavy (non-hydrogen) atoms. The summed E-state index contributed by atoms with van der Waals surface area (Å²) in [6.07, 6.45) is 3.82. The van der Waals surface area contributed by atoms with Crippen molar-refractivity contribution in [3.8, 4) is 0 Å². The molecule has 2 N–H and O–H groups in total. The van der Waals surface area contributed by atoms with Crippen molar-refractivity contribution in [2.45, 2.75) is 6.10 Å². The van der Waals surface area contributed by atoms with Crippen molar-refractivity contribution < 1.29 is 10.2 Å². The number of aliphatic hydroxyl groups is 2. The summed E-state index contributed by atoms with van der Waals surface area (Å²) in [6.45, 7) is 3.51. The van der Waals surface area contributed by atoms with Crippen LogP contribution < -0.4 is 0 Å². The summed E-state index contributed by atoms with van der Waals surface area (Å²) < 4.78 is 0. The molecule has 0 aliphatic heterocycles. The van der Waals surface area contributed by atoms with Gasteiger partial charge in [-0.25, -0.2) is 0 Å². The summed E-state index contributed by atoms with van der Waals surface area (Å²) >= 11 is 0. The van der Waals surface area contributed by atoms with Crippen LogP contribution >= 0.6 is 0 Å². The van der Waals surface area contributed by atoms with Gasteiger partial charge in [-0.2, -0.15) is 0 Å². The lowest BCUT2D eigenvalue weighted by atomic mass is 10.1. The number of aliphatic hydroxyl groups excluding tert-OH is 2. The summed E-state index contributed by atoms with van der Waals surface area (Å²) in [7, 11) is 0. The standard InChI is InChI=1S/C7H8O2/c1-5-2-3-6(8)4-7(5)9/h2-4,6,8-9H,1H2. The van der Waals surface area contributed by atoms with Crippen LogP contribution in [0.2, 0.25) is 0 Å². The summed E-state index contributed by atoms with van der Waals surface area (Å²) in [5, 5.41) is 17.7. The number of hydrogen-bond acceptors (Lipinski definition) is 2. The molecule has 0 aromatic carbocycles. The molecule has 1 unspecified atom stereocenters. The van der Waals surface area contributed by atoms with Gasteiger partial charge in [0.15, 0.2) is 0 Å². The quantitative estimate of drug-likeness (QED) is 0.504. The molecule has 0 fully saturated rings. The molecule has 0 saturated heterocycles. The van der Waals surface area contributed by atoms with E-state index >= 15 is 0 Å². The fraction of sp³-hybridized carbons (Fsp3) is 0.143. The minimum absolute atomic E-state index is 0.0602. The van der Waals surface area contributed by atoms with Gasteiger partial charge >= 0.3 is 0 Å². The molecule has 1 aliphatic rings. The van der Waals surface area contributed by atoms with E-state index in [0.717, 1.165) is 0 Å². The molecule has 48 valence electrons. The Balaban J connectivity index is 2.82. The highest BCUT2D eigenvalue weighted by atomic mass is 16.3. The second-order valence-corrected chi connectivity index (χ2v) is 1.93. The highest BCUT2D eigenvalue weighted by Gasteiger charge is 2.05. The fourth-order valence-corrected chi connectivity index (χ4v) is 0.624.